The van der Waals surface area contributed by atoms with E-state index in [-0.39, 0.29) is 5.41 Å². The molecule has 0 unspecified atom stereocenters. The first-order valence-electron chi connectivity index (χ1n) is 7.26. The van der Waals surface area contributed by atoms with E-state index < -0.39 is 0 Å². The molecule has 18 heavy (non-hydrogen) atoms. The second kappa shape index (κ2) is 5.87. The molecule has 0 atom stereocenters. The largest absolute Gasteiger partial charge is 0.445 e. The van der Waals surface area contributed by atoms with Gasteiger partial charge in [-0.2, -0.15) is 0 Å². The molecular weight excluding hydrogens is 224 g/mol. The Hall–Kier alpha value is -0.830. The van der Waals surface area contributed by atoms with Gasteiger partial charge in [-0.05, 0) is 25.3 Å². The Kier molecular flexibility index (Phi) is 4.44. The van der Waals surface area contributed by atoms with E-state index in [1.807, 2.05) is 6.20 Å². The second-order valence-corrected chi connectivity index (χ2v) is 6.23. The normalized spacial score (nSPS) is 18.7. The minimum Gasteiger partial charge on any atom is -0.445 e. The predicted octanol–water partition coefficient (Wildman–Crippen LogP) is 3.29. The molecule has 3 nitrogen and oxygen atoms in total. The Morgan fingerprint density at radius 1 is 1.39 bits per heavy atom. The van der Waals surface area contributed by atoms with Gasteiger partial charge in [-0.3, -0.25) is 0 Å². The fourth-order valence-electron chi connectivity index (χ4n) is 2.69. The Balaban J connectivity index is 1.83. The van der Waals surface area contributed by atoms with Crippen LogP contribution in [0.5, 0.6) is 0 Å². The fourth-order valence-corrected chi connectivity index (χ4v) is 2.69. The summed E-state index contributed by atoms with van der Waals surface area (Å²) in [6.45, 7) is 8.76. The molecule has 1 saturated carbocycles. The van der Waals surface area contributed by atoms with Gasteiger partial charge in [-0.25, -0.2) is 4.98 Å². The fraction of sp³-hybridized carbons (Fsp3) is 0.800. The van der Waals surface area contributed by atoms with Crippen LogP contribution >= 0.6 is 0 Å². The van der Waals surface area contributed by atoms with E-state index in [1.165, 1.54) is 25.7 Å². The quantitative estimate of drug-likeness (QED) is 0.787. The highest BCUT2D eigenvalue weighted by Gasteiger charge is 2.33. The van der Waals surface area contributed by atoms with Crippen molar-refractivity contribution in [3.63, 3.8) is 0 Å². The predicted molar refractivity (Wildman–Crippen MR) is 73.7 cm³/mol. The number of aromatic nitrogens is 1. The molecule has 3 heteroatoms. The Morgan fingerprint density at radius 3 is 2.78 bits per heavy atom. The van der Waals surface area contributed by atoms with Gasteiger partial charge in [-0.1, -0.05) is 33.6 Å². The first-order chi connectivity index (χ1) is 8.60. The van der Waals surface area contributed by atoms with Gasteiger partial charge in [0.15, 0.2) is 5.89 Å². The SMILES string of the molecule is CC(C)CNCCc1ncc(C2(C)CCCC2)o1. The smallest absolute Gasteiger partial charge is 0.195 e. The van der Waals surface area contributed by atoms with Gasteiger partial charge >= 0.3 is 0 Å². The number of oxazole rings is 1. The van der Waals surface area contributed by atoms with Crippen LogP contribution < -0.4 is 5.32 Å². The molecule has 1 fully saturated rings. The van der Waals surface area contributed by atoms with Crippen LogP contribution in [0.15, 0.2) is 10.6 Å². The van der Waals surface area contributed by atoms with Crippen LogP contribution in [-0.4, -0.2) is 18.1 Å². The summed E-state index contributed by atoms with van der Waals surface area (Å²) in [6.07, 6.45) is 7.97. The molecule has 1 aromatic heterocycles. The van der Waals surface area contributed by atoms with Gasteiger partial charge in [0, 0.05) is 18.4 Å². The summed E-state index contributed by atoms with van der Waals surface area (Å²) in [5.74, 6) is 2.68. The molecule has 0 spiro atoms. The average molecular weight is 250 g/mol. The molecule has 1 heterocycles. The molecule has 0 aliphatic heterocycles. The van der Waals surface area contributed by atoms with Crippen molar-refractivity contribution in [1.82, 2.24) is 10.3 Å². The van der Waals surface area contributed by atoms with Crippen molar-refractivity contribution < 1.29 is 4.42 Å². The van der Waals surface area contributed by atoms with Crippen molar-refractivity contribution in [2.24, 2.45) is 5.92 Å². The standard InChI is InChI=1S/C15H26N2O/c1-12(2)10-16-9-6-14-17-11-13(18-14)15(3)7-4-5-8-15/h11-12,16H,4-10H2,1-3H3. The van der Waals surface area contributed by atoms with E-state index in [1.54, 1.807) is 0 Å². The zero-order chi connectivity index (χ0) is 13.0. The molecule has 102 valence electrons. The van der Waals surface area contributed by atoms with Crippen molar-refractivity contribution in [2.45, 2.75) is 58.3 Å². The van der Waals surface area contributed by atoms with Gasteiger partial charge in [0.05, 0.1) is 6.20 Å². The molecule has 0 saturated heterocycles. The number of rotatable bonds is 6. The van der Waals surface area contributed by atoms with Crippen LogP contribution in [0.1, 0.15) is 58.1 Å². The second-order valence-electron chi connectivity index (χ2n) is 6.23. The van der Waals surface area contributed by atoms with Crippen LogP contribution in [-0.2, 0) is 11.8 Å². The zero-order valence-electron chi connectivity index (χ0n) is 12.0. The van der Waals surface area contributed by atoms with E-state index >= 15 is 0 Å². The monoisotopic (exact) mass is 250 g/mol. The summed E-state index contributed by atoms with van der Waals surface area (Å²) in [5.41, 5.74) is 0.247. The van der Waals surface area contributed by atoms with Gasteiger partial charge in [0.2, 0.25) is 0 Å². The molecule has 1 aliphatic carbocycles. The summed E-state index contributed by atoms with van der Waals surface area (Å²) in [6, 6.07) is 0. The van der Waals surface area contributed by atoms with Crippen LogP contribution in [0.25, 0.3) is 0 Å². The number of nitrogens with zero attached hydrogens (tertiary/aromatic N) is 1. The van der Waals surface area contributed by atoms with Crippen LogP contribution in [0.4, 0.5) is 0 Å². The maximum Gasteiger partial charge on any atom is 0.195 e. The van der Waals surface area contributed by atoms with Crippen molar-refractivity contribution in [2.75, 3.05) is 13.1 Å². The first kappa shape index (κ1) is 13.6. The molecule has 0 bridgehead atoms. The summed E-state index contributed by atoms with van der Waals surface area (Å²) in [7, 11) is 0. The number of nitrogens with one attached hydrogen (secondary N) is 1. The third-order valence-electron chi connectivity index (χ3n) is 3.92. The van der Waals surface area contributed by atoms with Gasteiger partial charge in [0.25, 0.3) is 0 Å². The van der Waals surface area contributed by atoms with E-state index in [9.17, 15) is 0 Å². The topological polar surface area (TPSA) is 38.1 Å². The summed E-state index contributed by atoms with van der Waals surface area (Å²) < 4.78 is 5.93. The molecule has 0 amide bonds. The number of hydrogen-bond donors (Lipinski definition) is 1. The van der Waals surface area contributed by atoms with Crippen molar-refractivity contribution in [1.29, 1.82) is 0 Å². The van der Waals surface area contributed by atoms with Crippen molar-refractivity contribution >= 4 is 0 Å². The lowest BCUT2D eigenvalue weighted by Crippen LogP contribution is -2.22. The minimum atomic E-state index is 0.247. The van der Waals surface area contributed by atoms with E-state index in [0.29, 0.717) is 5.92 Å². The van der Waals surface area contributed by atoms with Gasteiger partial charge < -0.3 is 9.73 Å². The average Bonchev–Trinajstić information content (AvgIpc) is 2.94. The molecule has 1 N–H and O–H groups in total. The summed E-state index contributed by atoms with van der Waals surface area (Å²) in [4.78, 5) is 4.42. The van der Waals surface area contributed by atoms with Crippen LogP contribution in [0.3, 0.4) is 0 Å². The molecule has 1 aliphatic rings. The van der Waals surface area contributed by atoms with Crippen LogP contribution in [0, 0.1) is 5.92 Å². The summed E-state index contributed by atoms with van der Waals surface area (Å²) >= 11 is 0. The Morgan fingerprint density at radius 2 is 2.11 bits per heavy atom. The number of hydrogen-bond acceptors (Lipinski definition) is 3. The molecule has 2 rings (SSSR count). The molecular formula is C15H26N2O. The first-order valence-corrected chi connectivity index (χ1v) is 7.26. The third-order valence-corrected chi connectivity index (χ3v) is 3.92. The lowest BCUT2D eigenvalue weighted by molar-refractivity contribution is 0.346. The van der Waals surface area contributed by atoms with Crippen LogP contribution in [0.2, 0.25) is 0 Å². The maximum atomic E-state index is 5.93. The van der Waals surface area contributed by atoms with E-state index in [2.05, 4.69) is 31.1 Å². The maximum absolute atomic E-state index is 5.93. The van der Waals surface area contributed by atoms with Crippen molar-refractivity contribution in [3.8, 4) is 0 Å². The highest BCUT2D eigenvalue weighted by molar-refractivity contribution is 5.11. The van der Waals surface area contributed by atoms with Gasteiger partial charge in [-0.15, -0.1) is 0 Å². The third kappa shape index (κ3) is 3.35. The zero-order valence-corrected chi connectivity index (χ0v) is 12.0. The lowest BCUT2D eigenvalue weighted by Gasteiger charge is -2.19. The molecule has 0 radical (unpaired) electrons. The Bertz CT molecular complexity index is 364. The van der Waals surface area contributed by atoms with Crippen molar-refractivity contribution in [3.05, 3.63) is 17.8 Å². The Labute approximate surface area is 110 Å². The highest BCUT2D eigenvalue weighted by Crippen LogP contribution is 2.40. The lowest BCUT2D eigenvalue weighted by atomic mass is 9.87. The van der Waals surface area contributed by atoms with E-state index in [4.69, 9.17) is 4.42 Å². The van der Waals surface area contributed by atoms with Gasteiger partial charge in [0.1, 0.15) is 5.76 Å². The van der Waals surface area contributed by atoms with E-state index in [0.717, 1.165) is 31.2 Å². The summed E-state index contributed by atoms with van der Waals surface area (Å²) in [5, 5.41) is 3.42. The minimum absolute atomic E-state index is 0.247. The highest BCUT2D eigenvalue weighted by atomic mass is 16.4. The molecule has 0 aromatic carbocycles. The molecule has 1 aromatic rings.